The minimum absolute atomic E-state index is 1.07. The third kappa shape index (κ3) is 4.47. The van der Waals surface area contributed by atoms with Crippen LogP contribution in [0.4, 0.5) is 0 Å². The third-order valence-corrected chi connectivity index (χ3v) is 8.04. The van der Waals surface area contributed by atoms with Gasteiger partial charge in [-0.25, -0.2) is 4.98 Å². The van der Waals surface area contributed by atoms with Gasteiger partial charge in [0.25, 0.3) is 0 Å². The summed E-state index contributed by atoms with van der Waals surface area (Å²) in [5.74, 6) is 0. The summed E-state index contributed by atoms with van der Waals surface area (Å²) in [6, 6.07) is 32.7. The molecule has 178 valence electrons. The maximum Gasteiger partial charge on any atom is 0.124 e. The predicted molar refractivity (Wildman–Crippen MR) is 158 cm³/mol. The number of hydrogen-bond donors (Lipinski definition) is 0. The molecule has 4 aromatic carbocycles. The lowest BCUT2D eigenvalue weighted by Crippen LogP contribution is -1.97. The molecule has 0 bridgehead atoms. The van der Waals surface area contributed by atoms with Crippen LogP contribution in [0.1, 0.15) is 43.7 Å². The van der Waals surface area contributed by atoms with Crippen molar-refractivity contribution in [2.75, 3.05) is 0 Å². The second-order valence-electron chi connectivity index (χ2n) is 9.45. The van der Waals surface area contributed by atoms with E-state index in [2.05, 4.69) is 109 Å². The van der Waals surface area contributed by atoms with Crippen molar-refractivity contribution in [3.63, 3.8) is 0 Å². The van der Waals surface area contributed by atoms with Gasteiger partial charge in [-0.3, -0.25) is 0 Å². The zero-order valence-corrected chi connectivity index (χ0v) is 21.5. The van der Waals surface area contributed by atoms with E-state index in [1.807, 2.05) is 6.07 Å². The molecule has 2 aromatic heterocycles. The van der Waals surface area contributed by atoms with Crippen LogP contribution in [-0.4, -0.2) is 9.55 Å². The highest BCUT2D eigenvalue weighted by atomic mass is 32.1. The molecule has 0 unspecified atom stereocenters. The van der Waals surface area contributed by atoms with Crippen LogP contribution < -0.4 is 0 Å². The lowest BCUT2D eigenvalue weighted by atomic mass is 10.1. The third-order valence-electron chi connectivity index (χ3n) is 6.95. The van der Waals surface area contributed by atoms with Crippen molar-refractivity contribution >= 4 is 55.5 Å². The van der Waals surface area contributed by atoms with E-state index in [1.165, 1.54) is 68.9 Å². The molecule has 0 fully saturated rings. The van der Waals surface area contributed by atoms with Crippen LogP contribution >= 0.6 is 11.3 Å². The van der Waals surface area contributed by atoms with Gasteiger partial charge in [-0.15, -0.1) is 11.3 Å². The first-order chi connectivity index (χ1) is 17.8. The summed E-state index contributed by atoms with van der Waals surface area (Å²) in [6.45, 7) is 3.35. The maximum absolute atomic E-state index is 4.79. The highest BCUT2D eigenvalue weighted by Gasteiger charge is 2.10. The molecule has 2 heterocycles. The van der Waals surface area contributed by atoms with Crippen molar-refractivity contribution in [2.24, 2.45) is 0 Å². The molecule has 36 heavy (non-hydrogen) atoms. The number of rotatable bonds is 8. The van der Waals surface area contributed by atoms with Crippen LogP contribution in [0.15, 0.2) is 91.0 Å². The van der Waals surface area contributed by atoms with Crippen molar-refractivity contribution in [1.82, 2.24) is 9.55 Å². The molecule has 0 saturated heterocycles. The Kier molecular flexibility index (Phi) is 6.40. The number of benzene rings is 4. The molecular formula is C33H30N2S. The Morgan fingerprint density at radius 2 is 1.47 bits per heavy atom. The first kappa shape index (κ1) is 22.8. The molecule has 0 atom stereocenters. The molecule has 0 spiro atoms. The van der Waals surface area contributed by atoms with Gasteiger partial charge in [-0.1, -0.05) is 99.0 Å². The van der Waals surface area contributed by atoms with Crippen LogP contribution in [-0.2, 0) is 6.54 Å². The number of thiazole rings is 1. The van der Waals surface area contributed by atoms with Gasteiger partial charge in [-0.2, -0.15) is 0 Å². The monoisotopic (exact) mass is 486 g/mol. The Morgan fingerprint density at radius 3 is 2.33 bits per heavy atom. The van der Waals surface area contributed by atoms with Crippen molar-refractivity contribution in [3.05, 3.63) is 102 Å². The first-order valence-electron chi connectivity index (χ1n) is 13.0. The molecule has 6 rings (SSSR count). The summed E-state index contributed by atoms with van der Waals surface area (Å²) < 4.78 is 3.74. The van der Waals surface area contributed by atoms with Crippen LogP contribution in [0.5, 0.6) is 0 Å². The number of fused-ring (bicyclic) bond motifs is 4. The van der Waals surface area contributed by atoms with Gasteiger partial charge in [0.2, 0.25) is 0 Å². The molecule has 0 saturated carbocycles. The number of hydrogen-bond acceptors (Lipinski definition) is 2. The molecule has 0 aliphatic carbocycles. The van der Waals surface area contributed by atoms with Gasteiger partial charge in [0.15, 0.2) is 0 Å². The van der Waals surface area contributed by atoms with Crippen LogP contribution in [0.25, 0.3) is 54.7 Å². The van der Waals surface area contributed by atoms with Gasteiger partial charge in [-0.05, 0) is 47.9 Å². The number of aryl methyl sites for hydroxylation is 1. The molecule has 0 radical (unpaired) electrons. The van der Waals surface area contributed by atoms with E-state index in [4.69, 9.17) is 4.98 Å². The lowest BCUT2D eigenvalue weighted by molar-refractivity contribution is 0.602. The Labute approximate surface area is 216 Å². The summed E-state index contributed by atoms with van der Waals surface area (Å²) >= 11 is 1.75. The highest BCUT2D eigenvalue weighted by molar-refractivity contribution is 7.21. The molecular weight excluding hydrogens is 456 g/mol. The van der Waals surface area contributed by atoms with E-state index in [9.17, 15) is 0 Å². The second-order valence-corrected chi connectivity index (χ2v) is 10.5. The second kappa shape index (κ2) is 10.1. The van der Waals surface area contributed by atoms with Gasteiger partial charge in [0.05, 0.1) is 10.2 Å². The van der Waals surface area contributed by atoms with E-state index in [0.29, 0.717) is 0 Å². The summed E-state index contributed by atoms with van der Waals surface area (Å²) in [5, 5.41) is 3.76. The molecule has 6 aromatic rings. The van der Waals surface area contributed by atoms with E-state index in [-0.39, 0.29) is 0 Å². The maximum atomic E-state index is 4.79. The summed E-state index contributed by atoms with van der Waals surface area (Å²) in [4.78, 5) is 4.79. The Balaban J connectivity index is 1.25. The fraction of sp³-hybridized carbons (Fsp3) is 0.182. The summed E-state index contributed by atoms with van der Waals surface area (Å²) in [5.41, 5.74) is 7.34. The summed E-state index contributed by atoms with van der Waals surface area (Å²) in [6.07, 6.45) is 9.54. The Bertz CT molecular complexity index is 1630. The zero-order valence-electron chi connectivity index (χ0n) is 20.7. The highest BCUT2D eigenvalue weighted by Crippen LogP contribution is 2.32. The fourth-order valence-electron chi connectivity index (χ4n) is 5.04. The Hall–Kier alpha value is -3.69. The predicted octanol–water partition coefficient (Wildman–Crippen LogP) is 9.82. The van der Waals surface area contributed by atoms with Gasteiger partial charge < -0.3 is 4.57 Å². The van der Waals surface area contributed by atoms with E-state index in [0.717, 1.165) is 17.1 Å². The van der Waals surface area contributed by atoms with Crippen molar-refractivity contribution < 1.29 is 0 Å². The Morgan fingerprint density at radius 1 is 0.722 bits per heavy atom. The van der Waals surface area contributed by atoms with Gasteiger partial charge >= 0.3 is 0 Å². The summed E-state index contributed by atoms with van der Waals surface area (Å²) in [7, 11) is 0. The molecule has 0 amide bonds. The molecule has 3 heteroatoms. The largest absolute Gasteiger partial charge is 0.340 e. The minimum Gasteiger partial charge on any atom is -0.340 e. The smallest absolute Gasteiger partial charge is 0.124 e. The van der Waals surface area contributed by atoms with Crippen molar-refractivity contribution in [2.45, 2.75) is 39.2 Å². The van der Waals surface area contributed by atoms with Crippen LogP contribution in [0.3, 0.4) is 0 Å². The SMILES string of the molecule is CCCCCCn1c2ccccc2c2cc(/C=C/c3ccc(-c4nc5ccccc5s4)cc3)ccc21. The number of aromatic nitrogens is 2. The topological polar surface area (TPSA) is 17.8 Å². The average Bonchev–Trinajstić information content (AvgIpc) is 3.50. The molecule has 0 N–H and O–H groups in total. The van der Waals surface area contributed by atoms with E-state index < -0.39 is 0 Å². The minimum atomic E-state index is 1.07. The first-order valence-corrected chi connectivity index (χ1v) is 13.8. The number of nitrogens with zero attached hydrogens (tertiary/aromatic N) is 2. The van der Waals surface area contributed by atoms with Gasteiger partial charge in [0.1, 0.15) is 5.01 Å². The van der Waals surface area contributed by atoms with E-state index in [1.54, 1.807) is 11.3 Å². The normalized spacial score (nSPS) is 11.9. The van der Waals surface area contributed by atoms with Crippen LogP contribution in [0.2, 0.25) is 0 Å². The quantitative estimate of drug-likeness (QED) is 0.155. The lowest BCUT2D eigenvalue weighted by Gasteiger charge is -2.07. The van der Waals surface area contributed by atoms with E-state index >= 15 is 0 Å². The number of para-hydroxylation sites is 2. The van der Waals surface area contributed by atoms with Gasteiger partial charge in [0, 0.05) is 33.9 Å². The average molecular weight is 487 g/mol. The molecule has 0 aliphatic heterocycles. The fourth-order valence-corrected chi connectivity index (χ4v) is 6.01. The zero-order chi connectivity index (χ0) is 24.3. The van der Waals surface area contributed by atoms with Crippen molar-refractivity contribution in [1.29, 1.82) is 0 Å². The van der Waals surface area contributed by atoms with Crippen molar-refractivity contribution in [3.8, 4) is 10.6 Å². The van der Waals surface area contributed by atoms with Crippen LogP contribution in [0, 0.1) is 0 Å². The standard InChI is InChI=1S/C33H30N2S/c1-2-3-4-9-22-35-30-12-7-5-10-27(30)28-23-25(18-21-31(28)35)15-14-24-16-19-26(20-17-24)33-34-29-11-6-8-13-32(29)36-33/h5-8,10-21,23H,2-4,9,22H2,1H3/b15-14+. The molecule has 0 aliphatic rings. The number of unbranched alkanes of at least 4 members (excludes halogenated alkanes) is 3. The molecule has 2 nitrogen and oxygen atoms in total.